The molecule has 0 rings (SSSR count). The predicted molar refractivity (Wildman–Crippen MR) is 77.5 cm³/mol. The van der Waals surface area contributed by atoms with Gasteiger partial charge >= 0.3 is 0 Å². The molecule has 4 heteroatoms. The van der Waals surface area contributed by atoms with E-state index in [4.69, 9.17) is 5.73 Å². The van der Waals surface area contributed by atoms with Gasteiger partial charge in [-0.15, -0.1) is 0 Å². The van der Waals surface area contributed by atoms with E-state index in [1.165, 1.54) is 6.42 Å². The lowest BCUT2D eigenvalue weighted by Crippen LogP contribution is -2.54. The van der Waals surface area contributed by atoms with E-state index in [0.29, 0.717) is 5.92 Å². The minimum absolute atomic E-state index is 0.260. The van der Waals surface area contributed by atoms with Crippen molar-refractivity contribution in [2.75, 3.05) is 26.2 Å². The fraction of sp³-hybridized carbons (Fsp3) is 0.929. The Hall–Kier alpha value is -0.610. The Labute approximate surface area is 112 Å². The zero-order chi connectivity index (χ0) is 14.2. The summed E-state index contributed by atoms with van der Waals surface area (Å²) in [4.78, 5) is 13.9. The van der Waals surface area contributed by atoms with Crippen LogP contribution in [0.3, 0.4) is 0 Å². The number of nitrogens with two attached hydrogens (primary N) is 1. The molecule has 0 aromatic rings. The van der Waals surface area contributed by atoms with Gasteiger partial charge in [0.05, 0.1) is 5.54 Å². The number of carbonyl (C=O) groups is 1. The number of hydrogen-bond acceptors (Lipinski definition) is 3. The van der Waals surface area contributed by atoms with Crippen molar-refractivity contribution in [3.05, 3.63) is 0 Å². The third-order valence-electron chi connectivity index (χ3n) is 3.75. The Balaban J connectivity index is 4.35. The molecule has 0 aliphatic heterocycles. The van der Waals surface area contributed by atoms with Crippen molar-refractivity contribution in [2.45, 2.75) is 53.0 Å². The molecule has 0 heterocycles. The molecule has 0 radical (unpaired) electrons. The number of likely N-dealkylation sites (N-methyl/N-ethyl adjacent to an activating group) is 1. The Bertz CT molecular complexity index is 245. The molecule has 3 N–H and O–H groups in total. The van der Waals surface area contributed by atoms with Gasteiger partial charge in [0.1, 0.15) is 0 Å². The van der Waals surface area contributed by atoms with Crippen molar-refractivity contribution in [3.63, 3.8) is 0 Å². The van der Waals surface area contributed by atoms with Gasteiger partial charge in [0, 0.05) is 13.1 Å². The maximum absolute atomic E-state index is 11.5. The molecular weight excluding hydrogens is 226 g/mol. The van der Waals surface area contributed by atoms with E-state index < -0.39 is 5.54 Å². The van der Waals surface area contributed by atoms with Crippen molar-refractivity contribution in [3.8, 4) is 0 Å². The minimum Gasteiger partial charge on any atom is -0.368 e. The van der Waals surface area contributed by atoms with E-state index in [-0.39, 0.29) is 5.91 Å². The first-order valence-corrected chi connectivity index (χ1v) is 7.16. The van der Waals surface area contributed by atoms with Gasteiger partial charge in [-0.25, -0.2) is 0 Å². The zero-order valence-electron chi connectivity index (χ0n) is 12.8. The molecule has 1 amide bonds. The number of hydrogen-bond donors (Lipinski definition) is 2. The maximum atomic E-state index is 11.5. The Morgan fingerprint density at radius 1 is 1.39 bits per heavy atom. The number of carbonyl (C=O) groups excluding carboxylic acids is 1. The van der Waals surface area contributed by atoms with Crippen LogP contribution in [0.5, 0.6) is 0 Å². The van der Waals surface area contributed by atoms with Gasteiger partial charge < -0.3 is 16.0 Å². The normalized spacial score (nSPS) is 16.6. The molecule has 18 heavy (non-hydrogen) atoms. The highest BCUT2D eigenvalue weighted by atomic mass is 16.1. The smallest absolute Gasteiger partial charge is 0.237 e. The fourth-order valence-corrected chi connectivity index (χ4v) is 2.02. The standard InChI is InChI=1S/C14H31N3O/c1-6-12(4)11-17(8-3)10-9-14(5,13(15)18)16-7-2/h12,16H,6-11H2,1-5H3,(H2,15,18). The molecule has 0 bridgehead atoms. The van der Waals surface area contributed by atoms with Crippen molar-refractivity contribution in [1.82, 2.24) is 10.2 Å². The molecule has 0 saturated heterocycles. The van der Waals surface area contributed by atoms with Crippen LogP contribution in [0.4, 0.5) is 0 Å². The summed E-state index contributed by atoms with van der Waals surface area (Å²) < 4.78 is 0. The summed E-state index contributed by atoms with van der Waals surface area (Å²) in [6.45, 7) is 14.3. The first kappa shape index (κ1) is 17.4. The quantitative estimate of drug-likeness (QED) is 0.625. The van der Waals surface area contributed by atoms with Crippen LogP contribution in [-0.4, -0.2) is 42.5 Å². The van der Waals surface area contributed by atoms with E-state index in [9.17, 15) is 4.79 Å². The fourth-order valence-electron chi connectivity index (χ4n) is 2.02. The highest BCUT2D eigenvalue weighted by molar-refractivity contribution is 5.84. The number of nitrogens with zero attached hydrogens (tertiary/aromatic N) is 1. The molecule has 2 unspecified atom stereocenters. The number of primary amides is 1. The zero-order valence-corrected chi connectivity index (χ0v) is 12.8. The lowest BCUT2D eigenvalue weighted by atomic mass is 9.96. The minimum atomic E-state index is -0.586. The van der Waals surface area contributed by atoms with E-state index in [1.807, 2.05) is 13.8 Å². The second-order valence-electron chi connectivity index (χ2n) is 5.38. The molecule has 0 fully saturated rings. The first-order valence-electron chi connectivity index (χ1n) is 7.16. The summed E-state index contributed by atoms with van der Waals surface area (Å²) in [7, 11) is 0. The molecule has 0 aliphatic carbocycles. The first-order chi connectivity index (χ1) is 8.39. The maximum Gasteiger partial charge on any atom is 0.237 e. The molecule has 0 aromatic carbocycles. The van der Waals surface area contributed by atoms with Gasteiger partial charge in [-0.3, -0.25) is 4.79 Å². The summed E-state index contributed by atoms with van der Waals surface area (Å²) in [6, 6.07) is 0. The van der Waals surface area contributed by atoms with Crippen LogP contribution in [-0.2, 0) is 4.79 Å². The number of rotatable bonds is 10. The summed E-state index contributed by atoms with van der Waals surface area (Å²) in [5.74, 6) is 0.438. The van der Waals surface area contributed by atoms with Gasteiger partial charge in [-0.2, -0.15) is 0 Å². The SMILES string of the molecule is CCNC(C)(CCN(CC)CC(C)CC)C(N)=O. The van der Waals surface area contributed by atoms with Crippen molar-refractivity contribution >= 4 is 5.91 Å². The van der Waals surface area contributed by atoms with E-state index >= 15 is 0 Å². The molecule has 0 aliphatic rings. The molecule has 4 nitrogen and oxygen atoms in total. The van der Waals surface area contributed by atoms with Gasteiger partial charge in [0.15, 0.2) is 0 Å². The lowest BCUT2D eigenvalue weighted by Gasteiger charge is -2.31. The third kappa shape index (κ3) is 5.83. The summed E-state index contributed by atoms with van der Waals surface area (Å²) in [6.07, 6.45) is 1.96. The van der Waals surface area contributed by atoms with Gasteiger partial charge in [-0.05, 0) is 32.4 Å². The lowest BCUT2D eigenvalue weighted by molar-refractivity contribution is -0.124. The predicted octanol–water partition coefficient (Wildman–Crippen LogP) is 1.60. The van der Waals surface area contributed by atoms with Crippen LogP contribution in [0.25, 0.3) is 0 Å². The van der Waals surface area contributed by atoms with Crippen molar-refractivity contribution in [1.29, 1.82) is 0 Å². The molecule has 2 atom stereocenters. The van der Waals surface area contributed by atoms with Crippen LogP contribution >= 0.6 is 0 Å². The topological polar surface area (TPSA) is 58.4 Å². The molecule has 0 spiro atoms. The number of nitrogens with one attached hydrogen (secondary N) is 1. The van der Waals surface area contributed by atoms with Gasteiger partial charge in [0.2, 0.25) is 5.91 Å². The van der Waals surface area contributed by atoms with Crippen molar-refractivity contribution in [2.24, 2.45) is 11.7 Å². The molecule has 108 valence electrons. The second kappa shape index (κ2) is 8.48. The average molecular weight is 257 g/mol. The molecule has 0 aromatic heterocycles. The van der Waals surface area contributed by atoms with E-state index in [0.717, 1.165) is 32.6 Å². The van der Waals surface area contributed by atoms with E-state index in [2.05, 4.69) is 31.0 Å². The van der Waals surface area contributed by atoms with E-state index in [1.54, 1.807) is 0 Å². The Kier molecular flexibility index (Phi) is 8.20. The second-order valence-corrected chi connectivity index (χ2v) is 5.38. The third-order valence-corrected chi connectivity index (χ3v) is 3.75. The highest BCUT2D eigenvalue weighted by Crippen LogP contribution is 2.12. The molecular formula is C14H31N3O. The van der Waals surface area contributed by atoms with Gasteiger partial charge in [0.25, 0.3) is 0 Å². The van der Waals surface area contributed by atoms with Gasteiger partial charge in [-0.1, -0.05) is 34.1 Å². The van der Waals surface area contributed by atoms with Crippen LogP contribution in [0.2, 0.25) is 0 Å². The Morgan fingerprint density at radius 2 is 2.00 bits per heavy atom. The Morgan fingerprint density at radius 3 is 2.39 bits per heavy atom. The monoisotopic (exact) mass is 257 g/mol. The average Bonchev–Trinajstić information content (AvgIpc) is 2.34. The largest absolute Gasteiger partial charge is 0.368 e. The van der Waals surface area contributed by atoms with Crippen LogP contribution in [0, 0.1) is 5.92 Å². The highest BCUT2D eigenvalue weighted by Gasteiger charge is 2.30. The summed E-state index contributed by atoms with van der Waals surface area (Å²) in [5, 5.41) is 3.20. The van der Waals surface area contributed by atoms with Crippen LogP contribution in [0.1, 0.15) is 47.5 Å². The van der Waals surface area contributed by atoms with Crippen LogP contribution in [0.15, 0.2) is 0 Å². The number of amides is 1. The van der Waals surface area contributed by atoms with Crippen molar-refractivity contribution < 1.29 is 4.79 Å². The molecule has 0 saturated carbocycles. The summed E-state index contributed by atoms with van der Waals surface area (Å²) >= 11 is 0. The van der Waals surface area contributed by atoms with Crippen LogP contribution < -0.4 is 11.1 Å². The summed E-state index contributed by atoms with van der Waals surface area (Å²) in [5.41, 5.74) is 4.91.